The molecule has 0 bridgehead atoms. The lowest BCUT2D eigenvalue weighted by Crippen LogP contribution is -2.47. The van der Waals surface area contributed by atoms with Crippen molar-refractivity contribution in [1.29, 1.82) is 5.26 Å². The first-order valence-corrected chi connectivity index (χ1v) is 15.7. The van der Waals surface area contributed by atoms with Gasteiger partial charge in [0, 0.05) is 41.5 Å². The van der Waals surface area contributed by atoms with Crippen molar-refractivity contribution in [1.82, 2.24) is 19.7 Å². The minimum Gasteiger partial charge on any atom is -0.463 e. The average Bonchev–Trinajstić information content (AvgIpc) is 3.36. The number of fused-ring (bicyclic) bond motifs is 1. The van der Waals surface area contributed by atoms with E-state index in [1.807, 2.05) is 49.6 Å². The molecule has 2 N–H and O–H groups in total. The van der Waals surface area contributed by atoms with Gasteiger partial charge in [-0.25, -0.2) is 4.79 Å². The van der Waals surface area contributed by atoms with Crippen molar-refractivity contribution in [2.24, 2.45) is 5.92 Å². The highest BCUT2D eigenvalue weighted by Gasteiger charge is 2.42. The third-order valence-corrected chi connectivity index (χ3v) is 9.09. The molecule has 0 radical (unpaired) electrons. The number of aromatic amines is 1. The van der Waals surface area contributed by atoms with Crippen LogP contribution in [0, 0.1) is 24.2 Å². The van der Waals surface area contributed by atoms with Gasteiger partial charge in [-0.1, -0.05) is 20.8 Å². The molecule has 3 unspecified atom stereocenters. The number of aryl methyl sites for hydroxylation is 1. The summed E-state index contributed by atoms with van der Waals surface area (Å²) in [6, 6.07) is 9.50. The molecular weight excluding hydrogens is 568 g/mol. The molecule has 0 spiro atoms. The van der Waals surface area contributed by atoms with E-state index in [0.717, 1.165) is 24.4 Å². The maximum atomic E-state index is 13.2. The second kappa shape index (κ2) is 12.8. The number of hydrogen-bond donors (Lipinski definition) is 2. The number of thioether (sulfide) groups is 1. The zero-order valence-electron chi connectivity index (χ0n) is 25.0. The van der Waals surface area contributed by atoms with Crippen molar-refractivity contribution in [3.05, 3.63) is 51.9 Å². The number of anilines is 2. The molecule has 1 amide bonds. The van der Waals surface area contributed by atoms with E-state index >= 15 is 0 Å². The van der Waals surface area contributed by atoms with Crippen LogP contribution in [0.25, 0.3) is 10.9 Å². The molecule has 4 heterocycles. The highest BCUT2D eigenvalue weighted by atomic mass is 32.2. The normalized spacial score (nSPS) is 22.4. The van der Waals surface area contributed by atoms with Gasteiger partial charge in [0.15, 0.2) is 11.9 Å². The Balaban J connectivity index is 1.42. The molecule has 2 aromatic heterocycles. The molecular formula is C31H38N6O5S. The smallest absolute Gasteiger partial charge is 0.335 e. The van der Waals surface area contributed by atoms with Gasteiger partial charge in [0.1, 0.15) is 5.39 Å². The number of H-pyrrole nitrogens is 1. The first-order chi connectivity index (χ1) is 20.6. The van der Waals surface area contributed by atoms with Crippen molar-refractivity contribution in [3.63, 3.8) is 0 Å². The summed E-state index contributed by atoms with van der Waals surface area (Å²) in [5, 5.41) is 18.6. The van der Waals surface area contributed by atoms with Crippen LogP contribution < -0.4 is 10.9 Å². The predicted molar refractivity (Wildman–Crippen MR) is 166 cm³/mol. The minimum atomic E-state index is -0.883. The number of carbonyl (C=O) groups excluding carboxylic acids is 2. The van der Waals surface area contributed by atoms with E-state index in [0.29, 0.717) is 52.7 Å². The molecule has 228 valence electrons. The number of rotatable bonds is 8. The van der Waals surface area contributed by atoms with Crippen molar-refractivity contribution in [3.8, 4) is 6.07 Å². The van der Waals surface area contributed by atoms with Crippen LogP contribution in [0.5, 0.6) is 0 Å². The van der Waals surface area contributed by atoms with Gasteiger partial charge in [0.2, 0.25) is 0 Å². The molecule has 2 fully saturated rings. The van der Waals surface area contributed by atoms with Crippen LogP contribution in [-0.2, 0) is 19.8 Å². The van der Waals surface area contributed by atoms with Gasteiger partial charge in [-0.3, -0.25) is 14.3 Å². The average molecular weight is 607 g/mol. The van der Waals surface area contributed by atoms with E-state index in [4.69, 9.17) is 14.6 Å². The fourth-order valence-corrected chi connectivity index (χ4v) is 6.70. The molecule has 12 heteroatoms. The maximum absolute atomic E-state index is 13.2. The summed E-state index contributed by atoms with van der Waals surface area (Å²) in [4.78, 5) is 43.5. The molecule has 2 aliphatic rings. The summed E-state index contributed by atoms with van der Waals surface area (Å²) in [6.45, 7) is 9.80. The first-order valence-electron chi connectivity index (χ1n) is 14.7. The number of nitriles is 1. The Bertz CT molecular complexity index is 1600. The van der Waals surface area contributed by atoms with Crippen molar-refractivity contribution in [2.75, 3.05) is 37.4 Å². The summed E-state index contributed by atoms with van der Waals surface area (Å²) in [5.74, 6) is 1.08. The zero-order valence-corrected chi connectivity index (χ0v) is 25.8. The zero-order chi connectivity index (χ0) is 30.7. The lowest BCUT2D eigenvalue weighted by Gasteiger charge is -2.38. The van der Waals surface area contributed by atoms with Crippen molar-refractivity contribution in [2.45, 2.75) is 63.9 Å². The van der Waals surface area contributed by atoms with E-state index in [9.17, 15) is 19.6 Å². The van der Waals surface area contributed by atoms with E-state index in [1.54, 1.807) is 23.0 Å². The molecule has 1 aromatic carbocycles. The van der Waals surface area contributed by atoms with E-state index < -0.39 is 17.6 Å². The highest BCUT2D eigenvalue weighted by molar-refractivity contribution is 7.99. The molecule has 11 nitrogen and oxygen atoms in total. The summed E-state index contributed by atoms with van der Waals surface area (Å²) in [7, 11) is 0. The molecule has 2 aliphatic heterocycles. The number of aromatic nitrogens is 3. The van der Waals surface area contributed by atoms with Crippen LogP contribution in [0.4, 0.5) is 11.5 Å². The fraction of sp³-hybridized carbons (Fsp3) is 0.516. The van der Waals surface area contributed by atoms with E-state index in [-0.39, 0.29) is 30.4 Å². The van der Waals surface area contributed by atoms with Crippen LogP contribution in [-0.4, -0.2) is 75.0 Å². The third-order valence-electron chi connectivity index (χ3n) is 7.96. The Morgan fingerprint density at radius 2 is 2.16 bits per heavy atom. The second-order valence-corrected chi connectivity index (χ2v) is 13.4. The second-order valence-electron chi connectivity index (χ2n) is 11.8. The minimum absolute atomic E-state index is 0.0181. The molecule has 3 aromatic rings. The van der Waals surface area contributed by atoms with Crippen LogP contribution in [0.3, 0.4) is 0 Å². The topological polar surface area (TPSA) is 142 Å². The first kappa shape index (κ1) is 30.6. The van der Waals surface area contributed by atoms with Crippen molar-refractivity contribution >= 4 is 46.0 Å². The highest BCUT2D eigenvalue weighted by Crippen LogP contribution is 2.37. The molecule has 3 atom stereocenters. The number of amides is 1. The van der Waals surface area contributed by atoms with E-state index in [1.165, 1.54) is 0 Å². The number of nitrogens with zero attached hydrogens (tertiary/aromatic N) is 4. The van der Waals surface area contributed by atoms with Gasteiger partial charge in [-0.2, -0.15) is 22.1 Å². The fourth-order valence-electron chi connectivity index (χ4n) is 5.68. The Labute approximate surface area is 254 Å². The number of pyridine rings is 1. The molecule has 0 saturated carbocycles. The van der Waals surface area contributed by atoms with E-state index in [2.05, 4.69) is 23.3 Å². The van der Waals surface area contributed by atoms with Gasteiger partial charge < -0.3 is 24.7 Å². The number of hydrogen-bond acceptors (Lipinski definition) is 9. The Morgan fingerprint density at radius 1 is 1.35 bits per heavy atom. The van der Waals surface area contributed by atoms with Crippen LogP contribution in [0.2, 0.25) is 0 Å². The largest absolute Gasteiger partial charge is 0.463 e. The van der Waals surface area contributed by atoms with Gasteiger partial charge in [-0.05, 0) is 55.5 Å². The SMILES string of the molecule is Cc1cc(Nc2nn(C3(CC#N)CCC(C(=O)OCC(C)C)OC3)c3cc[nH]c(=O)c23)ccc1C(=O)N1CCSC(C)C1. The Kier molecular flexibility index (Phi) is 9.13. The van der Waals surface area contributed by atoms with Gasteiger partial charge in [0.25, 0.3) is 11.5 Å². The summed E-state index contributed by atoms with van der Waals surface area (Å²) >= 11 is 1.88. The number of ether oxygens (including phenoxy) is 2. The standard InChI is InChI=1S/C31H38N6O5S/c1-19(2)17-41-30(40)25-7-9-31(10-11-32,18-42-25)37-24-8-12-33-28(38)26(24)27(35-37)34-22-5-6-23(20(3)15-22)29(39)36-13-14-43-21(4)16-36/h5-6,8,12,15,19,21,25H,7,9-10,13-14,16-18H2,1-4H3,(H,33,38)(H,34,35). The molecule has 5 rings (SSSR count). The monoisotopic (exact) mass is 606 g/mol. The maximum Gasteiger partial charge on any atom is 0.335 e. The predicted octanol–water partition coefficient (Wildman–Crippen LogP) is 4.34. The Morgan fingerprint density at radius 3 is 2.84 bits per heavy atom. The molecule has 0 aliphatic carbocycles. The third kappa shape index (κ3) is 6.43. The molecule has 2 saturated heterocycles. The summed E-state index contributed by atoms with van der Waals surface area (Å²) in [5.41, 5.74) is 1.47. The Hall–Kier alpha value is -3.82. The van der Waals surface area contributed by atoms with Crippen LogP contribution in [0.1, 0.15) is 56.0 Å². The van der Waals surface area contributed by atoms with Crippen LogP contribution >= 0.6 is 11.8 Å². The number of esters is 1. The number of carbonyl (C=O) groups is 2. The van der Waals surface area contributed by atoms with Crippen LogP contribution in [0.15, 0.2) is 35.3 Å². The number of benzene rings is 1. The number of nitrogens with one attached hydrogen (secondary N) is 2. The van der Waals surface area contributed by atoms with Crippen molar-refractivity contribution < 1.29 is 19.1 Å². The summed E-state index contributed by atoms with van der Waals surface area (Å²) in [6.07, 6.45) is 1.70. The molecule has 43 heavy (non-hydrogen) atoms. The lowest BCUT2D eigenvalue weighted by molar-refractivity contribution is -0.166. The quantitative estimate of drug-likeness (QED) is 0.358. The van der Waals surface area contributed by atoms with Gasteiger partial charge >= 0.3 is 5.97 Å². The lowest BCUT2D eigenvalue weighted by atomic mass is 9.87. The van der Waals surface area contributed by atoms with Gasteiger partial charge in [0.05, 0.1) is 36.8 Å². The summed E-state index contributed by atoms with van der Waals surface area (Å²) < 4.78 is 13.0. The van der Waals surface area contributed by atoms with Gasteiger partial charge in [-0.15, -0.1) is 0 Å².